The summed E-state index contributed by atoms with van der Waals surface area (Å²) in [6, 6.07) is 0.386. The Labute approximate surface area is 96.7 Å². The first-order valence-corrected chi connectivity index (χ1v) is 5.95. The molecule has 0 radical (unpaired) electrons. The summed E-state index contributed by atoms with van der Waals surface area (Å²) in [6.07, 6.45) is 6.59. The summed E-state index contributed by atoms with van der Waals surface area (Å²) in [6.45, 7) is 3.10. The molecule has 0 aromatic rings. The Morgan fingerprint density at radius 1 is 1.56 bits per heavy atom. The maximum atomic E-state index is 11.0. The summed E-state index contributed by atoms with van der Waals surface area (Å²) in [5.74, 6) is 0.0745. The van der Waals surface area contributed by atoms with Gasteiger partial charge in [-0.25, -0.2) is 4.79 Å². The van der Waals surface area contributed by atoms with Crippen LogP contribution < -0.4 is 5.32 Å². The fourth-order valence-electron chi connectivity index (χ4n) is 2.09. The Morgan fingerprint density at radius 3 is 3.06 bits per heavy atom. The Kier molecular flexibility index (Phi) is 6.11. The topological polar surface area (TPSA) is 58.6 Å². The molecule has 4 nitrogen and oxygen atoms in total. The molecule has 1 saturated carbocycles. The second kappa shape index (κ2) is 7.41. The summed E-state index contributed by atoms with van der Waals surface area (Å²) >= 11 is 0. The van der Waals surface area contributed by atoms with E-state index in [9.17, 15) is 4.79 Å². The van der Waals surface area contributed by atoms with Crippen LogP contribution in [-0.2, 0) is 9.53 Å². The molecule has 0 aromatic heterocycles. The third kappa shape index (κ3) is 4.33. The van der Waals surface area contributed by atoms with E-state index in [4.69, 9.17) is 9.84 Å². The van der Waals surface area contributed by atoms with Crippen LogP contribution in [0.2, 0.25) is 0 Å². The van der Waals surface area contributed by atoms with Crippen LogP contribution in [0.4, 0.5) is 0 Å². The van der Waals surface area contributed by atoms with Gasteiger partial charge in [-0.2, -0.15) is 0 Å². The molecule has 2 unspecified atom stereocenters. The third-order valence-electron chi connectivity index (χ3n) is 2.93. The van der Waals surface area contributed by atoms with Crippen LogP contribution in [0.25, 0.3) is 0 Å². The monoisotopic (exact) mass is 227 g/mol. The predicted octanol–water partition coefficient (Wildman–Crippen LogP) is 0.856. The lowest BCUT2D eigenvalue weighted by atomic mass is 10.1. The van der Waals surface area contributed by atoms with E-state index >= 15 is 0 Å². The first-order chi connectivity index (χ1) is 7.77. The van der Waals surface area contributed by atoms with Gasteiger partial charge in [0.15, 0.2) is 0 Å². The summed E-state index contributed by atoms with van der Waals surface area (Å²) in [7, 11) is 0. The lowest BCUT2D eigenvalue weighted by molar-refractivity contribution is -0.137. The standard InChI is InChI=1S/C12H21NO3/c1-2-16-12(15)7-4-8-13-11-6-3-5-10(11)9-14/h4,7,10-11,13-14H,2-3,5-6,8-9H2,1H3/b7-4+. The van der Waals surface area contributed by atoms with Gasteiger partial charge in [0.25, 0.3) is 0 Å². The molecular weight excluding hydrogens is 206 g/mol. The summed E-state index contributed by atoms with van der Waals surface area (Å²) in [5, 5.41) is 12.4. The average Bonchev–Trinajstić information content (AvgIpc) is 2.72. The summed E-state index contributed by atoms with van der Waals surface area (Å²) < 4.78 is 4.76. The van der Waals surface area contributed by atoms with Crippen LogP contribution in [0, 0.1) is 5.92 Å². The Bertz CT molecular complexity index is 240. The van der Waals surface area contributed by atoms with Gasteiger partial charge in [-0.3, -0.25) is 0 Å². The molecule has 0 saturated heterocycles. The largest absolute Gasteiger partial charge is 0.463 e. The minimum absolute atomic E-state index is 0.249. The summed E-state index contributed by atoms with van der Waals surface area (Å²) in [4.78, 5) is 11.0. The van der Waals surface area contributed by atoms with Crippen LogP contribution in [0.15, 0.2) is 12.2 Å². The first kappa shape index (κ1) is 13.2. The van der Waals surface area contributed by atoms with Crippen molar-refractivity contribution in [3.8, 4) is 0 Å². The third-order valence-corrected chi connectivity index (χ3v) is 2.93. The molecule has 16 heavy (non-hydrogen) atoms. The molecule has 0 aliphatic heterocycles. The number of ether oxygens (including phenoxy) is 1. The van der Waals surface area contributed by atoms with Crippen molar-refractivity contribution in [2.75, 3.05) is 19.8 Å². The van der Waals surface area contributed by atoms with E-state index in [0.717, 1.165) is 12.8 Å². The summed E-state index contributed by atoms with van der Waals surface area (Å²) in [5.41, 5.74) is 0. The van der Waals surface area contributed by atoms with Crippen molar-refractivity contribution >= 4 is 5.97 Å². The number of hydrogen-bond acceptors (Lipinski definition) is 4. The van der Waals surface area contributed by atoms with Crippen molar-refractivity contribution in [1.29, 1.82) is 0 Å². The van der Waals surface area contributed by atoms with Gasteiger partial charge >= 0.3 is 5.97 Å². The Balaban J connectivity index is 2.17. The van der Waals surface area contributed by atoms with E-state index in [-0.39, 0.29) is 12.6 Å². The molecule has 2 N–H and O–H groups in total. The lowest BCUT2D eigenvalue weighted by Crippen LogP contribution is -2.34. The zero-order valence-electron chi connectivity index (χ0n) is 9.82. The molecule has 1 aliphatic rings. The highest BCUT2D eigenvalue weighted by atomic mass is 16.5. The molecule has 1 fully saturated rings. The van der Waals surface area contributed by atoms with E-state index < -0.39 is 0 Å². The fraction of sp³-hybridized carbons (Fsp3) is 0.750. The van der Waals surface area contributed by atoms with Crippen LogP contribution in [0.1, 0.15) is 26.2 Å². The zero-order chi connectivity index (χ0) is 11.8. The van der Waals surface area contributed by atoms with Gasteiger partial charge in [-0.15, -0.1) is 0 Å². The van der Waals surface area contributed by atoms with Gasteiger partial charge in [-0.1, -0.05) is 12.5 Å². The van der Waals surface area contributed by atoms with Crippen molar-refractivity contribution in [3.63, 3.8) is 0 Å². The van der Waals surface area contributed by atoms with Crippen LogP contribution >= 0.6 is 0 Å². The molecule has 0 amide bonds. The van der Waals surface area contributed by atoms with Crippen LogP contribution in [0.5, 0.6) is 0 Å². The van der Waals surface area contributed by atoms with Crippen molar-refractivity contribution < 1.29 is 14.6 Å². The highest BCUT2D eigenvalue weighted by Crippen LogP contribution is 2.24. The molecule has 92 valence electrons. The van der Waals surface area contributed by atoms with Gasteiger partial charge in [0.05, 0.1) is 6.61 Å². The normalized spacial score (nSPS) is 25.1. The maximum Gasteiger partial charge on any atom is 0.330 e. The highest BCUT2D eigenvalue weighted by Gasteiger charge is 2.25. The van der Waals surface area contributed by atoms with E-state index in [0.29, 0.717) is 25.1 Å². The second-order valence-electron chi connectivity index (χ2n) is 4.04. The van der Waals surface area contributed by atoms with Crippen LogP contribution in [-0.4, -0.2) is 36.9 Å². The van der Waals surface area contributed by atoms with E-state index in [2.05, 4.69) is 5.32 Å². The minimum atomic E-state index is -0.297. The van der Waals surface area contributed by atoms with Crippen LogP contribution in [0.3, 0.4) is 0 Å². The molecule has 1 aliphatic carbocycles. The average molecular weight is 227 g/mol. The number of aliphatic hydroxyl groups excluding tert-OH is 1. The van der Waals surface area contributed by atoms with Crippen molar-refractivity contribution in [3.05, 3.63) is 12.2 Å². The molecule has 0 aromatic carbocycles. The number of rotatable bonds is 6. The van der Waals surface area contributed by atoms with Gasteiger partial charge in [0.2, 0.25) is 0 Å². The second-order valence-corrected chi connectivity index (χ2v) is 4.04. The molecular formula is C12H21NO3. The molecule has 2 atom stereocenters. The minimum Gasteiger partial charge on any atom is -0.463 e. The van der Waals surface area contributed by atoms with E-state index in [1.165, 1.54) is 12.5 Å². The number of carbonyl (C=O) groups is 1. The lowest BCUT2D eigenvalue weighted by Gasteiger charge is -2.17. The van der Waals surface area contributed by atoms with E-state index in [1.54, 1.807) is 13.0 Å². The highest BCUT2D eigenvalue weighted by molar-refractivity contribution is 5.81. The zero-order valence-corrected chi connectivity index (χ0v) is 9.82. The number of aliphatic hydroxyl groups is 1. The Hall–Kier alpha value is -0.870. The van der Waals surface area contributed by atoms with Crippen molar-refractivity contribution in [1.82, 2.24) is 5.32 Å². The number of hydrogen-bond donors (Lipinski definition) is 2. The van der Waals surface area contributed by atoms with Crippen molar-refractivity contribution in [2.45, 2.75) is 32.2 Å². The number of carbonyl (C=O) groups excluding carboxylic acids is 1. The van der Waals surface area contributed by atoms with Gasteiger partial charge < -0.3 is 15.2 Å². The fourth-order valence-corrected chi connectivity index (χ4v) is 2.09. The maximum absolute atomic E-state index is 11.0. The molecule has 0 heterocycles. The Morgan fingerprint density at radius 2 is 2.38 bits per heavy atom. The molecule has 1 rings (SSSR count). The van der Waals surface area contributed by atoms with Gasteiger partial charge in [-0.05, 0) is 25.7 Å². The quantitative estimate of drug-likeness (QED) is 0.522. The predicted molar refractivity (Wildman–Crippen MR) is 62.0 cm³/mol. The van der Waals surface area contributed by atoms with E-state index in [1.807, 2.05) is 0 Å². The molecule has 0 spiro atoms. The number of nitrogens with one attached hydrogen (secondary N) is 1. The SMILES string of the molecule is CCOC(=O)/C=C/CNC1CCCC1CO. The van der Waals surface area contributed by atoms with Crippen molar-refractivity contribution in [2.24, 2.45) is 5.92 Å². The first-order valence-electron chi connectivity index (χ1n) is 5.95. The molecule has 0 bridgehead atoms. The van der Waals surface area contributed by atoms with Gasteiger partial charge in [0.1, 0.15) is 0 Å². The van der Waals surface area contributed by atoms with Gasteiger partial charge in [0, 0.05) is 25.3 Å². The number of esters is 1. The molecule has 4 heteroatoms. The smallest absolute Gasteiger partial charge is 0.330 e.